The summed E-state index contributed by atoms with van der Waals surface area (Å²) >= 11 is 5.10. The molecular weight excluding hydrogens is 210 g/mol. The molecule has 0 saturated carbocycles. The lowest BCUT2D eigenvalue weighted by atomic mass is 10.2. The molecule has 1 fully saturated rings. The minimum atomic E-state index is 0.142. The van der Waals surface area contributed by atoms with Crippen LogP contribution in [0.5, 0.6) is 0 Å². The number of amides is 1. The lowest BCUT2D eigenvalue weighted by Crippen LogP contribution is -2.43. The van der Waals surface area contributed by atoms with Crippen molar-refractivity contribution in [3.8, 4) is 0 Å². The Kier molecular flexibility index (Phi) is 4.81. The van der Waals surface area contributed by atoms with E-state index in [1.54, 1.807) is 0 Å². The Labute approximate surface area is 96.2 Å². The van der Waals surface area contributed by atoms with Gasteiger partial charge in [0.1, 0.15) is 0 Å². The average molecular weight is 229 g/mol. The van der Waals surface area contributed by atoms with Crippen LogP contribution in [0.3, 0.4) is 0 Å². The van der Waals surface area contributed by atoms with E-state index in [9.17, 15) is 4.79 Å². The Morgan fingerprint density at radius 3 is 2.87 bits per heavy atom. The van der Waals surface area contributed by atoms with Crippen LogP contribution < -0.4 is 16.0 Å². The molecule has 0 radical (unpaired) electrons. The molecule has 0 aromatic rings. The molecule has 0 spiro atoms. The molecule has 1 heterocycles. The average Bonchev–Trinajstić information content (AvgIpc) is 2.58. The third kappa shape index (κ3) is 4.97. The van der Waals surface area contributed by atoms with Crippen molar-refractivity contribution in [1.82, 2.24) is 16.0 Å². The molecule has 3 N–H and O–H groups in total. The molecule has 5 heteroatoms. The van der Waals surface area contributed by atoms with Crippen molar-refractivity contribution in [1.29, 1.82) is 0 Å². The van der Waals surface area contributed by atoms with E-state index in [0.29, 0.717) is 17.5 Å². The molecule has 1 aliphatic heterocycles. The SMILES string of the molecule is CC(C)CNC(=S)NCC1CCC(=O)N1. The van der Waals surface area contributed by atoms with E-state index in [1.165, 1.54) is 0 Å². The number of carbonyl (C=O) groups is 1. The third-order valence-corrected chi connectivity index (χ3v) is 2.55. The van der Waals surface area contributed by atoms with Gasteiger partial charge in [0.15, 0.2) is 5.11 Å². The van der Waals surface area contributed by atoms with Gasteiger partial charge in [0, 0.05) is 25.6 Å². The van der Waals surface area contributed by atoms with Gasteiger partial charge in [-0.2, -0.15) is 0 Å². The molecule has 0 aromatic carbocycles. The van der Waals surface area contributed by atoms with Crippen LogP contribution in [0.25, 0.3) is 0 Å². The number of rotatable bonds is 4. The molecule has 1 unspecified atom stereocenters. The van der Waals surface area contributed by atoms with Crippen LogP contribution in [0.15, 0.2) is 0 Å². The molecule has 15 heavy (non-hydrogen) atoms. The molecule has 1 aliphatic rings. The van der Waals surface area contributed by atoms with Gasteiger partial charge in [0.25, 0.3) is 0 Å². The summed E-state index contributed by atoms with van der Waals surface area (Å²) < 4.78 is 0. The molecular formula is C10H19N3OS. The number of carbonyl (C=O) groups excluding carboxylic acids is 1. The second-order valence-corrected chi connectivity index (χ2v) is 4.70. The number of nitrogens with one attached hydrogen (secondary N) is 3. The predicted octanol–water partition coefficient (Wildman–Crippen LogP) is 0.385. The lowest BCUT2D eigenvalue weighted by molar-refractivity contribution is -0.119. The Balaban J connectivity index is 2.09. The maximum absolute atomic E-state index is 10.9. The summed E-state index contributed by atoms with van der Waals surface area (Å²) in [7, 11) is 0. The zero-order valence-electron chi connectivity index (χ0n) is 9.30. The molecule has 86 valence electrons. The number of hydrogen-bond donors (Lipinski definition) is 3. The summed E-state index contributed by atoms with van der Waals surface area (Å²) in [5.41, 5.74) is 0. The van der Waals surface area contributed by atoms with Gasteiger partial charge in [-0.3, -0.25) is 4.79 Å². The molecule has 1 rings (SSSR count). The summed E-state index contributed by atoms with van der Waals surface area (Å²) in [5, 5.41) is 9.79. The zero-order valence-corrected chi connectivity index (χ0v) is 10.1. The van der Waals surface area contributed by atoms with Crippen molar-refractivity contribution in [3.05, 3.63) is 0 Å². The fraction of sp³-hybridized carbons (Fsp3) is 0.800. The van der Waals surface area contributed by atoms with Crippen molar-refractivity contribution in [3.63, 3.8) is 0 Å². The van der Waals surface area contributed by atoms with Crippen molar-refractivity contribution in [2.75, 3.05) is 13.1 Å². The van der Waals surface area contributed by atoms with Gasteiger partial charge >= 0.3 is 0 Å². The van der Waals surface area contributed by atoms with E-state index in [4.69, 9.17) is 12.2 Å². The first-order chi connectivity index (χ1) is 7.08. The van der Waals surface area contributed by atoms with Gasteiger partial charge in [0.05, 0.1) is 0 Å². The largest absolute Gasteiger partial charge is 0.362 e. The molecule has 4 nitrogen and oxygen atoms in total. The Morgan fingerprint density at radius 1 is 1.60 bits per heavy atom. The van der Waals surface area contributed by atoms with E-state index < -0.39 is 0 Å². The van der Waals surface area contributed by atoms with Crippen LogP contribution in [-0.4, -0.2) is 30.2 Å². The van der Waals surface area contributed by atoms with Gasteiger partial charge in [0.2, 0.25) is 5.91 Å². The minimum Gasteiger partial charge on any atom is -0.362 e. The van der Waals surface area contributed by atoms with Gasteiger partial charge in [-0.1, -0.05) is 13.8 Å². The summed E-state index contributed by atoms with van der Waals surface area (Å²) in [6, 6.07) is 0.233. The lowest BCUT2D eigenvalue weighted by Gasteiger charge is -2.15. The van der Waals surface area contributed by atoms with Crippen LogP contribution in [0, 0.1) is 5.92 Å². The van der Waals surface area contributed by atoms with Crippen molar-refractivity contribution in [2.24, 2.45) is 5.92 Å². The molecule has 0 bridgehead atoms. The van der Waals surface area contributed by atoms with Crippen LogP contribution in [-0.2, 0) is 4.79 Å². The van der Waals surface area contributed by atoms with E-state index >= 15 is 0 Å². The number of thiocarbonyl (C=S) groups is 1. The smallest absolute Gasteiger partial charge is 0.220 e. The minimum absolute atomic E-state index is 0.142. The fourth-order valence-electron chi connectivity index (χ4n) is 1.41. The first-order valence-corrected chi connectivity index (χ1v) is 5.80. The van der Waals surface area contributed by atoms with Crippen LogP contribution in [0.4, 0.5) is 0 Å². The maximum Gasteiger partial charge on any atom is 0.220 e. The zero-order chi connectivity index (χ0) is 11.3. The molecule has 1 amide bonds. The summed E-state index contributed by atoms with van der Waals surface area (Å²) in [6.07, 6.45) is 1.54. The monoisotopic (exact) mass is 229 g/mol. The highest BCUT2D eigenvalue weighted by molar-refractivity contribution is 7.80. The van der Waals surface area contributed by atoms with Gasteiger partial charge in [-0.25, -0.2) is 0 Å². The highest BCUT2D eigenvalue weighted by Gasteiger charge is 2.20. The predicted molar refractivity (Wildman–Crippen MR) is 64.6 cm³/mol. The normalized spacial score (nSPS) is 20.2. The van der Waals surface area contributed by atoms with Crippen molar-refractivity contribution >= 4 is 23.2 Å². The van der Waals surface area contributed by atoms with Gasteiger partial charge in [-0.05, 0) is 24.6 Å². The Morgan fingerprint density at radius 2 is 2.33 bits per heavy atom. The molecule has 0 aromatic heterocycles. The van der Waals surface area contributed by atoms with E-state index in [-0.39, 0.29) is 11.9 Å². The van der Waals surface area contributed by atoms with E-state index in [2.05, 4.69) is 29.8 Å². The molecule has 1 saturated heterocycles. The Bertz CT molecular complexity index is 243. The second kappa shape index (κ2) is 5.90. The van der Waals surface area contributed by atoms with Gasteiger partial charge in [-0.15, -0.1) is 0 Å². The summed E-state index contributed by atoms with van der Waals surface area (Å²) in [6.45, 7) is 5.86. The summed E-state index contributed by atoms with van der Waals surface area (Å²) in [4.78, 5) is 10.9. The maximum atomic E-state index is 10.9. The van der Waals surface area contributed by atoms with Crippen LogP contribution in [0.2, 0.25) is 0 Å². The van der Waals surface area contributed by atoms with Crippen LogP contribution in [0.1, 0.15) is 26.7 Å². The van der Waals surface area contributed by atoms with Crippen LogP contribution >= 0.6 is 12.2 Å². The highest BCUT2D eigenvalue weighted by Crippen LogP contribution is 2.04. The topological polar surface area (TPSA) is 53.2 Å². The molecule has 0 aliphatic carbocycles. The molecule has 1 atom stereocenters. The third-order valence-electron chi connectivity index (χ3n) is 2.26. The van der Waals surface area contributed by atoms with Crippen molar-refractivity contribution < 1.29 is 4.79 Å². The van der Waals surface area contributed by atoms with Gasteiger partial charge < -0.3 is 16.0 Å². The van der Waals surface area contributed by atoms with E-state index in [0.717, 1.165) is 19.5 Å². The summed E-state index contributed by atoms with van der Waals surface area (Å²) in [5.74, 6) is 0.721. The standard InChI is InChI=1S/C10H19N3OS/c1-7(2)5-11-10(15)12-6-8-3-4-9(14)13-8/h7-8H,3-6H2,1-2H3,(H,13,14)(H2,11,12,15). The highest BCUT2D eigenvalue weighted by atomic mass is 32.1. The first-order valence-electron chi connectivity index (χ1n) is 5.39. The fourth-order valence-corrected chi connectivity index (χ4v) is 1.57. The second-order valence-electron chi connectivity index (χ2n) is 4.29. The number of hydrogen-bond acceptors (Lipinski definition) is 2. The Hall–Kier alpha value is -0.840. The quantitative estimate of drug-likeness (QED) is 0.610. The van der Waals surface area contributed by atoms with Crippen molar-refractivity contribution in [2.45, 2.75) is 32.7 Å². The van der Waals surface area contributed by atoms with E-state index in [1.807, 2.05) is 0 Å². The first kappa shape index (κ1) is 12.2.